The van der Waals surface area contributed by atoms with Crippen LogP contribution >= 0.6 is 0 Å². The van der Waals surface area contributed by atoms with Crippen molar-refractivity contribution in [3.8, 4) is 22.5 Å². The molecule has 1 aromatic carbocycles. The molecule has 0 saturated heterocycles. The Kier molecular flexibility index (Phi) is 8.99. The molecule has 0 radical (unpaired) electrons. The molecule has 36 heavy (non-hydrogen) atoms. The SMILES string of the molecule is C=C(NC(=O)OCC)Nc1ccc(-c2ccc(-c3ccc(NC(=C)NC(=O)OCC)cn3)cc2)nc1. The second-order valence-electron chi connectivity index (χ2n) is 7.34. The van der Waals surface area contributed by atoms with Crippen LogP contribution in [0.25, 0.3) is 22.5 Å². The van der Waals surface area contributed by atoms with Gasteiger partial charge >= 0.3 is 12.2 Å². The first-order valence-corrected chi connectivity index (χ1v) is 11.2. The van der Waals surface area contributed by atoms with E-state index in [0.717, 1.165) is 22.5 Å². The predicted molar refractivity (Wildman–Crippen MR) is 139 cm³/mol. The fraction of sp³-hybridized carbons (Fsp3) is 0.154. The molecule has 10 nitrogen and oxygen atoms in total. The average Bonchev–Trinajstić information content (AvgIpc) is 2.85. The third kappa shape index (κ3) is 7.59. The van der Waals surface area contributed by atoms with Crippen LogP contribution in [0, 0.1) is 0 Å². The summed E-state index contributed by atoms with van der Waals surface area (Å²) < 4.78 is 9.63. The summed E-state index contributed by atoms with van der Waals surface area (Å²) in [7, 11) is 0. The van der Waals surface area contributed by atoms with Crippen LogP contribution in [0.3, 0.4) is 0 Å². The Morgan fingerprint density at radius 2 is 1.08 bits per heavy atom. The number of hydrogen-bond donors (Lipinski definition) is 4. The van der Waals surface area contributed by atoms with Crippen LogP contribution in [0.4, 0.5) is 21.0 Å². The minimum Gasteiger partial charge on any atom is -0.450 e. The standard InChI is InChI=1S/C26H28N6O4/c1-5-35-25(33)31-17(3)29-21-11-13-23(27-15-21)19-7-9-20(10-8-19)24-14-12-22(16-28-24)30-18(4)32-26(34)36-6-2/h7-16,29-30H,3-6H2,1-2H3,(H,31,33)(H,32,34). The summed E-state index contributed by atoms with van der Waals surface area (Å²) in [4.78, 5) is 31.8. The van der Waals surface area contributed by atoms with E-state index in [1.54, 1.807) is 26.2 Å². The van der Waals surface area contributed by atoms with E-state index in [-0.39, 0.29) is 13.2 Å². The van der Waals surface area contributed by atoms with Crippen LogP contribution in [-0.4, -0.2) is 35.4 Å². The summed E-state index contributed by atoms with van der Waals surface area (Å²) in [6.07, 6.45) is 2.16. The van der Waals surface area contributed by atoms with Crippen molar-refractivity contribution in [3.63, 3.8) is 0 Å². The molecule has 2 heterocycles. The fourth-order valence-corrected chi connectivity index (χ4v) is 3.08. The van der Waals surface area contributed by atoms with Gasteiger partial charge in [-0.25, -0.2) is 9.59 Å². The minimum absolute atomic E-state index is 0.277. The Labute approximate surface area is 209 Å². The van der Waals surface area contributed by atoms with Crippen LogP contribution in [0.2, 0.25) is 0 Å². The molecular formula is C26H28N6O4. The van der Waals surface area contributed by atoms with Crippen LogP contribution in [0.5, 0.6) is 0 Å². The molecule has 2 aromatic heterocycles. The average molecular weight is 489 g/mol. The Balaban J connectivity index is 1.58. The second kappa shape index (κ2) is 12.6. The number of benzene rings is 1. The van der Waals surface area contributed by atoms with Crippen molar-refractivity contribution in [3.05, 3.63) is 85.7 Å². The van der Waals surface area contributed by atoms with Gasteiger partial charge in [-0.15, -0.1) is 0 Å². The van der Waals surface area contributed by atoms with Crippen molar-refractivity contribution >= 4 is 23.6 Å². The van der Waals surface area contributed by atoms with Crippen molar-refractivity contribution in [2.24, 2.45) is 0 Å². The number of nitrogens with zero attached hydrogens (tertiary/aromatic N) is 2. The number of hydrogen-bond acceptors (Lipinski definition) is 8. The molecule has 0 aliphatic rings. The summed E-state index contributed by atoms with van der Waals surface area (Å²) in [5, 5.41) is 10.9. The Bertz CT molecular complexity index is 1110. The van der Waals surface area contributed by atoms with Crippen molar-refractivity contribution < 1.29 is 19.1 Å². The number of ether oxygens (including phenoxy) is 2. The van der Waals surface area contributed by atoms with Crippen molar-refractivity contribution in [2.45, 2.75) is 13.8 Å². The van der Waals surface area contributed by atoms with E-state index in [9.17, 15) is 9.59 Å². The molecule has 4 N–H and O–H groups in total. The van der Waals surface area contributed by atoms with Gasteiger partial charge in [0, 0.05) is 11.1 Å². The predicted octanol–water partition coefficient (Wildman–Crippen LogP) is 5.07. The number of rotatable bonds is 10. The number of pyridine rings is 2. The maximum absolute atomic E-state index is 11.4. The number of amides is 2. The molecule has 0 spiro atoms. The molecule has 0 fully saturated rings. The maximum Gasteiger partial charge on any atom is 0.412 e. The molecule has 0 aliphatic heterocycles. The van der Waals surface area contributed by atoms with Crippen LogP contribution in [-0.2, 0) is 9.47 Å². The normalized spacial score (nSPS) is 10.1. The van der Waals surface area contributed by atoms with Gasteiger partial charge in [0.2, 0.25) is 0 Å². The van der Waals surface area contributed by atoms with Crippen LogP contribution < -0.4 is 21.3 Å². The molecule has 0 aliphatic carbocycles. The van der Waals surface area contributed by atoms with Crippen molar-refractivity contribution in [1.82, 2.24) is 20.6 Å². The highest BCUT2D eigenvalue weighted by Gasteiger charge is 2.07. The van der Waals surface area contributed by atoms with E-state index in [1.807, 2.05) is 48.5 Å². The fourth-order valence-electron chi connectivity index (χ4n) is 3.08. The zero-order valence-electron chi connectivity index (χ0n) is 20.1. The Morgan fingerprint density at radius 1 is 0.694 bits per heavy atom. The molecular weight excluding hydrogens is 460 g/mol. The van der Waals surface area contributed by atoms with Gasteiger partial charge in [0.1, 0.15) is 11.6 Å². The van der Waals surface area contributed by atoms with Gasteiger partial charge < -0.3 is 20.1 Å². The first kappa shape index (κ1) is 25.8. The number of carbonyl (C=O) groups excluding carboxylic acids is 2. The van der Waals surface area contributed by atoms with E-state index in [1.165, 1.54) is 0 Å². The zero-order chi connectivity index (χ0) is 25.9. The highest BCUT2D eigenvalue weighted by molar-refractivity contribution is 5.72. The smallest absolute Gasteiger partial charge is 0.412 e. The van der Waals surface area contributed by atoms with Gasteiger partial charge in [0.05, 0.1) is 48.4 Å². The van der Waals surface area contributed by atoms with Gasteiger partial charge in [-0.2, -0.15) is 0 Å². The number of carbonyl (C=O) groups is 2. The van der Waals surface area contributed by atoms with Gasteiger partial charge in [-0.3, -0.25) is 20.6 Å². The lowest BCUT2D eigenvalue weighted by atomic mass is 10.1. The number of alkyl carbamates (subject to hydrolysis) is 2. The number of anilines is 2. The van der Waals surface area contributed by atoms with Gasteiger partial charge in [-0.1, -0.05) is 37.4 Å². The van der Waals surface area contributed by atoms with Gasteiger partial charge in [-0.05, 0) is 38.1 Å². The maximum atomic E-state index is 11.4. The lowest BCUT2D eigenvalue weighted by Crippen LogP contribution is -2.26. The molecule has 10 heteroatoms. The second-order valence-corrected chi connectivity index (χ2v) is 7.34. The largest absolute Gasteiger partial charge is 0.450 e. The van der Waals surface area contributed by atoms with Crippen molar-refractivity contribution in [2.75, 3.05) is 23.8 Å². The van der Waals surface area contributed by atoms with Gasteiger partial charge in [0.25, 0.3) is 0 Å². The molecule has 3 aromatic rings. The summed E-state index contributed by atoms with van der Waals surface area (Å²) >= 11 is 0. The highest BCUT2D eigenvalue weighted by Crippen LogP contribution is 2.24. The van der Waals surface area contributed by atoms with Crippen molar-refractivity contribution in [1.29, 1.82) is 0 Å². The summed E-state index contributed by atoms with van der Waals surface area (Å²) in [5.41, 5.74) is 4.81. The third-order valence-electron chi connectivity index (χ3n) is 4.65. The topological polar surface area (TPSA) is 127 Å². The molecule has 0 saturated carbocycles. The highest BCUT2D eigenvalue weighted by atomic mass is 16.6. The molecule has 0 unspecified atom stereocenters. The van der Waals surface area contributed by atoms with E-state index < -0.39 is 12.2 Å². The molecule has 0 atom stereocenters. The van der Waals surface area contributed by atoms with E-state index in [2.05, 4.69) is 44.4 Å². The number of aromatic nitrogens is 2. The summed E-state index contributed by atoms with van der Waals surface area (Å²) in [6, 6.07) is 15.3. The number of nitrogens with one attached hydrogen (secondary N) is 4. The Hall–Kier alpha value is -4.86. The quantitative estimate of drug-likeness (QED) is 0.312. The van der Waals surface area contributed by atoms with E-state index >= 15 is 0 Å². The molecule has 2 amide bonds. The minimum atomic E-state index is -0.573. The monoisotopic (exact) mass is 488 g/mol. The zero-order valence-corrected chi connectivity index (χ0v) is 20.1. The third-order valence-corrected chi connectivity index (χ3v) is 4.65. The molecule has 186 valence electrons. The molecule has 3 rings (SSSR count). The first-order chi connectivity index (χ1) is 17.4. The van der Waals surface area contributed by atoms with E-state index in [4.69, 9.17) is 9.47 Å². The Morgan fingerprint density at radius 3 is 1.39 bits per heavy atom. The molecule has 0 bridgehead atoms. The summed E-state index contributed by atoms with van der Waals surface area (Å²) in [6.45, 7) is 11.5. The lowest BCUT2D eigenvalue weighted by Gasteiger charge is -2.11. The van der Waals surface area contributed by atoms with Crippen LogP contribution in [0.15, 0.2) is 85.7 Å². The van der Waals surface area contributed by atoms with E-state index in [0.29, 0.717) is 23.0 Å². The lowest BCUT2D eigenvalue weighted by molar-refractivity contribution is 0.154. The summed E-state index contributed by atoms with van der Waals surface area (Å²) in [5.74, 6) is 0.585. The van der Waals surface area contributed by atoms with Gasteiger partial charge in [0.15, 0.2) is 0 Å². The van der Waals surface area contributed by atoms with Crippen LogP contribution in [0.1, 0.15) is 13.8 Å². The first-order valence-electron chi connectivity index (χ1n) is 11.2.